The molecular formula is C9H15FO3. The Kier molecular flexibility index (Phi) is 6.14. The second kappa shape index (κ2) is 6.60. The lowest BCUT2D eigenvalue weighted by Gasteiger charge is -2.06. The van der Waals surface area contributed by atoms with Crippen molar-refractivity contribution in [1.82, 2.24) is 0 Å². The predicted molar refractivity (Wildman–Crippen MR) is 46.7 cm³/mol. The maximum atomic E-state index is 12.4. The molecule has 0 bridgehead atoms. The predicted octanol–water partition coefficient (Wildman–Crippen LogP) is 1.42. The highest BCUT2D eigenvalue weighted by atomic mass is 19.1. The molecule has 3 nitrogen and oxygen atoms in total. The summed E-state index contributed by atoms with van der Waals surface area (Å²) in [5, 5.41) is 8.32. The summed E-state index contributed by atoms with van der Waals surface area (Å²) >= 11 is 0. The molecule has 0 aromatic heterocycles. The van der Waals surface area contributed by atoms with Gasteiger partial charge in [-0.15, -0.1) is 0 Å². The molecule has 0 aromatic rings. The number of aliphatic hydroxyl groups is 1. The fourth-order valence-electron chi connectivity index (χ4n) is 0.874. The summed E-state index contributed by atoms with van der Waals surface area (Å²) in [6.45, 7) is 1.14. The third-order valence-electron chi connectivity index (χ3n) is 1.72. The van der Waals surface area contributed by atoms with E-state index in [1.54, 1.807) is 6.92 Å². The number of esters is 1. The summed E-state index contributed by atoms with van der Waals surface area (Å²) < 4.78 is 16.9. The Morgan fingerprint density at radius 2 is 2.31 bits per heavy atom. The SMILES string of the molecule is COC(=O)C(C)CC/C=C(\F)CO. The summed E-state index contributed by atoms with van der Waals surface area (Å²) in [5.74, 6) is -1.08. The minimum absolute atomic E-state index is 0.229. The van der Waals surface area contributed by atoms with Crippen molar-refractivity contribution in [1.29, 1.82) is 0 Å². The van der Waals surface area contributed by atoms with Gasteiger partial charge in [-0.3, -0.25) is 4.79 Å². The van der Waals surface area contributed by atoms with Crippen LogP contribution in [0.5, 0.6) is 0 Å². The molecule has 0 aliphatic carbocycles. The van der Waals surface area contributed by atoms with Crippen molar-refractivity contribution in [3.8, 4) is 0 Å². The quantitative estimate of drug-likeness (QED) is 0.667. The largest absolute Gasteiger partial charge is 0.469 e. The zero-order chi connectivity index (χ0) is 10.3. The molecule has 76 valence electrons. The molecule has 0 amide bonds. The van der Waals surface area contributed by atoms with Gasteiger partial charge in [0, 0.05) is 0 Å². The van der Waals surface area contributed by atoms with Crippen LogP contribution in [-0.4, -0.2) is 24.8 Å². The van der Waals surface area contributed by atoms with Crippen LogP contribution in [0.4, 0.5) is 4.39 Å². The number of ether oxygens (including phenoxy) is 1. The smallest absolute Gasteiger partial charge is 0.308 e. The summed E-state index contributed by atoms with van der Waals surface area (Å²) in [5.41, 5.74) is 0. The molecule has 0 aliphatic heterocycles. The highest BCUT2D eigenvalue weighted by Crippen LogP contribution is 2.09. The molecule has 1 atom stereocenters. The summed E-state index contributed by atoms with van der Waals surface area (Å²) in [6, 6.07) is 0. The van der Waals surface area contributed by atoms with Crippen LogP contribution in [0.3, 0.4) is 0 Å². The average molecular weight is 190 g/mol. The lowest BCUT2D eigenvalue weighted by atomic mass is 10.1. The number of methoxy groups -OCH3 is 1. The van der Waals surface area contributed by atoms with Crippen molar-refractivity contribution in [2.24, 2.45) is 5.92 Å². The van der Waals surface area contributed by atoms with Gasteiger partial charge in [0.15, 0.2) is 0 Å². The van der Waals surface area contributed by atoms with Gasteiger partial charge in [0.05, 0.1) is 19.6 Å². The minimum atomic E-state index is -0.577. The van der Waals surface area contributed by atoms with Crippen LogP contribution in [0.25, 0.3) is 0 Å². The highest BCUT2D eigenvalue weighted by Gasteiger charge is 2.11. The highest BCUT2D eigenvalue weighted by molar-refractivity contribution is 5.71. The first-order valence-electron chi connectivity index (χ1n) is 4.15. The van der Waals surface area contributed by atoms with Crippen molar-refractivity contribution in [3.63, 3.8) is 0 Å². The van der Waals surface area contributed by atoms with Gasteiger partial charge in [0.2, 0.25) is 0 Å². The molecule has 0 saturated heterocycles. The van der Waals surface area contributed by atoms with Crippen molar-refractivity contribution >= 4 is 5.97 Å². The molecule has 0 spiro atoms. The Labute approximate surface area is 77.2 Å². The number of halogens is 1. The second-order valence-corrected chi connectivity index (χ2v) is 2.81. The third kappa shape index (κ3) is 5.36. The number of hydrogen-bond donors (Lipinski definition) is 1. The first kappa shape index (κ1) is 12.1. The van der Waals surface area contributed by atoms with Crippen LogP contribution in [0.1, 0.15) is 19.8 Å². The molecule has 0 heterocycles. The van der Waals surface area contributed by atoms with Crippen molar-refractivity contribution in [3.05, 3.63) is 11.9 Å². The van der Waals surface area contributed by atoms with Crippen LogP contribution in [-0.2, 0) is 9.53 Å². The normalized spacial score (nSPS) is 14.0. The van der Waals surface area contributed by atoms with Gasteiger partial charge >= 0.3 is 5.97 Å². The fourth-order valence-corrected chi connectivity index (χ4v) is 0.874. The number of hydrogen-bond acceptors (Lipinski definition) is 3. The first-order valence-corrected chi connectivity index (χ1v) is 4.15. The topological polar surface area (TPSA) is 46.5 Å². The Balaban J connectivity index is 3.70. The van der Waals surface area contributed by atoms with E-state index in [-0.39, 0.29) is 11.9 Å². The molecule has 0 aliphatic rings. The van der Waals surface area contributed by atoms with E-state index in [1.807, 2.05) is 0 Å². The number of rotatable bonds is 5. The minimum Gasteiger partial charge on any atom is -0.469 e. The van der Waals surface area contributed by atoms with Crippen LogP contribution in [0.2, 0.25) is 0 Å². The Bertz CT molecular complexity index is 189. The van der Waals surface area contributed by atoms with Gasteiger partial charge in [0.25, 0.3) is 0 Å². The second-order valence-electron chi connectivity index (χ2n) is 2.81. The fraction of sp³-hybridized carbons (Fsp3) is 0.667. The van der Waals surface area contributed by atoms with Crippen molar-refractivity contribution < 1.29 is 19.0 Å². The molecule has 1 N–H and O–H groups in total. The van der Waals surface area contributed by atoms with E-state index < -0.39 is 12.4 Å². The van der Waals surface area contributed by atoms with Gasteiger partial charge in [-0.2, -0.15) is 0 Å². The van der Waals surface area contributed by atoms with Crippen LogP contribution in [0, 0.1) is 5.92 Å². The Morgan fingerprint density at radius 1 is 1.69 bits per heavy atom. The lowest BCUT2D eigenvalue weighted by Crippen LogP contribution is -2.12. The third-order valence-corrected chi connectivity index (χ3v) is 1.72. The van der Waals surface area contributed by atoms with E-state index in [2.05, 4.69) is 4.74 Å². The van der Waals surface area contributed by atoms with Crippen LogP contribution >= 0.6 is 0 Å². The van der Waals surface area contributed by atoms with Crippen molar-refractivity contribution in [2.45, 2.75) is 19.8 Å². The standard InChI is InChI=1S/C9H15FO3/c1-7(9(12)13-2)4-3-5-8(10)6-11/h5,7,11H,3-4,6H2,1-2H3/b8-5-. The molecule has 0 fully saturated rings. The summed E-state index contributed by atoms with van der Waals surface area (Å²) in [7, 11) is 1.32. The molecule has 13 heavy (non-hydrogen) atoms. The van der Waals surface area contributed by atoms with Gasteiger partial charge in [0.1, 0.15) is 5.83 Å². The van der Waals surface area contributed by atoms with E-state index in [9.17, 15) is 9.18 Å². The number of allylic oxidation sites excluding steroid dienone is 1. The molecule has 1 unspecified atom stereocenters. The zero-order valence-corrected chi connectivity index (χ0v) is 7.92. The van der Waals surface area contributed by atoms with E-state index in [0.717, 1.165) is 0 Å². The van der Waals surface area contributed by atoms with Crippen molar-refractivity contribution in [2.75, 3.05) is 13.7 Å². The van der Waals surface area contributed by atoms with Gasteiger partial charge in [-0.25, -0.2) is 4.39 Å². The van der Waals surface area contributed by atoms with E-state index in [0.29, 0.717) is 12.8 Å². The first-order chi connectivity index (χ1) is 6.11. The van der Waals surface area contributed by atoms with Gasteiger partial charge in [-0.1, -0.05) is 13.0 Å². The summed E-state index contributed by atoms with van der Waals surface area (Å²) in [4.78, 5) is 10.9. The number of carbonyl (C=O) groups excluding carboxylic acids is 1. The average Bonchev–Trinajstić information content (AvgIpc) is 2.15. The molecular weight excluding hydrogens is 175 g/mol. The molecule has 0 saturated carbocycles. The molecule has 0 radical (unpaired) electrons. The van der Waals surface area contributed by atoms with E-state index >= 15 is 0 Å². The molecule has 0 aromatic carbocycles. The van der Waals surface area contributed by atoms with E-state index in [4.69, 9.17) is 5.11 Å². The van der Waals surface area contributed by atoms with Crippen LogP contribution in [0.15, 0.2) is 11.9 Å². The van der Waals surface area contributed by atoms with Crippen LogP contribution < -0.4 is 0 Å². The Morgan fingerprint density at radius 3 is 2.77 bits per heavy atom. The summed E-state index contributed by atoms with van der Waals surface area (Å²) in [6.07, 6.45) is 2.24. The lowest BCUT2D eigenvalue weighted by molar-refractivity contribution is -0.144. The maximum absolute atomic E-state index is 12.4. The van der Waals surface area contributed by atoms with Gasteiger partial charge in [-0.05, 0) is 12.8 Å². The van der Waals surface area contributed by atoms with Gasteiger partial charge < -0.3 is 9.84 Å². The molecule has 0 rings (SSSR count). The number of carbonyl (C=O) groups is 1. The molecule has 4 heteroatoms. The monoisotopic (exact) mass is 190 g/mol. The number of aliphatic hydroxyl groups excluding tert-OH is 1. The zero-order valence-electron chi connectivity index (χ0n) is 7.92. The Hall–Kier alpha value is -0.900. The van der Waals surface area contributed by atoms with E-state index in [1.165, 1.54) is 13.2 Å². The maximum Gasteiger partial charge on any atom is 0.308 e.